The summed E-state index contributed by atoms with van der Waals surface area (Å²) in [4.78, 5) is 7.65. The third kappa shape index (κ3) is 4.03. The first kappa shape index (κ1) is 22.0. The second-order valence-electron chi connectivity index (χ2n) is 7.88. The number of aromatic amines is 1. The first-order valence-corrected chi connectivity index (χ1v) is 10.6. The van der Waals surface area contributed by atoms with Gasteiger partial charge >= 0.3 is 0 Å². The van der Waals surface area contributed by atoms with Crippen LogP contribution < -0.4 is 5.73 Å². The highest BCUT2D eigenvalue weighted by Gasteiger charge is 2.17. The molecule has 0 spiro atoms. The van der Waals surface area contributed by atoms with Gasteiger partial charge in [0.05, 0.1) is 23.3 Å². The minimum absolute atomic E-state index is 0.205. The molecule has 0 amide bonds. The van der Waals surface area contributed by atoms with Crippen molar-refractivity contribution in [2.45, 2.75) is 13.8 Å². The van der Waals surface area contributed by atoms with E-state index in [-0.39, 0.29) is 17.2 Å². The highest BCUT2D eigenvalue weighted by Crippen LogP contribution is 2.32. The fraction of sp³-hybridized carbons (Fsp3) is 0.111. The van der Waals surface area contributed by atoms with Gasteiger partial charge in [-0.3, -0.25) is 5.41 Å². The maximum Gasteiger partial charge on any atom is 0.131 e. The molecule has 0 saturated heterocycles. The van der Waals surface area contributed by atoms with Gasteiger partial charge in [0.25, 0.3) is 0 Å². The van der Waals surface area contributed by atoms with Crippen molar-refractivity contribution in [1.82, 2.24) is 14.5 Å². The third-order valence-corrected chi connectivity index (χ3v) is 5.84. The van der Waals surface area contributed by atoms with Crippen molar-refractivity contribution in [3.8, 4) is 11.1 Å². The van der Waals surface area contributed by atoms with E-state index < -0.39 is 0 Å². The van der Waals surface area contributed by atoms with Crippen molar-refractivity contribution in [3.63, 3.8) is 0 Å². The van der Waals surface area contributed by atoms with Crippen LogP contribution in [0.25, 0.3) is 27.6 Å². The molecule has 0 aliphatic rings. The third-order valence-electron chi connectivity index (χ3n) is 5.84. The molecule has 4 aromatic rings. The Labute approximate surface area is 192 Å². The molecule has 4 N–H and O–H groups in total. The maximum absolute atomic E-state index is 14.5. The fourth-order valence-corrected chi connectivity index (χ4v) is 3.91. The molecule has 2 aromatic carbocycles. The quantitative estimate of drug-likeness (QED) is 0.259. The van der Waals surface area contributed by atoms with Gasteiger partial charge in [-0.1, -0.05) is 43.0 Å². The summed E-state index contributed by atoms with van der Waals surface area (Å²) in [6, 6.07) is 14.2. The van der Waals surface area contributed by atoms with Gasteiger partial charge in [0.2, 0.25) is 0 Å². The van der Waals surface area contributed by atoms with Crippen molar-refractivity contribution < 1.29 is 4.39 Å². The van der Waals surface area contributed by atoms with E-state index in [1.54, 1.807) is 18.3 Å². The van der Waals surface area contributed by atoms with E-state index in [4.69, 9.17) is 11.1 Å². The van der Waals surface area contributed by atoms with Crippen molar-refractivity contribution in [3.05, 3.63) is 108 Å². The number of aryl methyl sites for hydroxylation is 1. The average Bonchev–Trinajstić information content (AvgIpc) is 3.38. The van der Waals surface area contributed by atoms with Crippen molar-refractivity contribution >= 4 is 22.2 Å². The number of allylic oxidation sites excluding steroid dienone is 4. The van der Waals surface area contributed by atoms with E-state index in [0.29, 0.717) is 16.8 Å². The Balaban J connectivity index is 1.80. The number of fused-ring (bicyclic) bond motifs is 1. The lowest BCUT2D eigenvalue weighted by Crippen LogP contribution is -2.12. The van der Waals surface area contributed by atoms with Gasteiger partial charge in [-0.25, -0.2) is 9.37 Å². The van der Waals surface area contributed by atoms with Crippen molar-refractivity contribution in [1.29, 1.82) is 5.41 Å². The normalized spacial score (nSPS) is 12.4. The summed E-state index contributed by atoms with van der Waals surface area (Å²) in [7, 11) is 1.94. The standard InChI is InChI=1S/C27H26FN5/c1-5-18(26-15-31-17(3)33(26)4)13-21(16(2)29)27(30)25-14-22-19(10-8-12-24(22)32-25)20-9-6-7-11-23(20)28/h5-15,30,32H,2,29H2,1,3-4H3/b18-5+,21-13+,30-27?. The van der Waals surface area contributed by atoms with Gasteiger partial charge in [0.15, 0.2) is 0 Å². The molecular formula is C27H26FN5. The van der Waals surface area contributed by atoms with Gasteiger partial charge in [-0.05, 0) is 49.3 Å². The number of H-pyrrole nitrogens is 1. The number of nitrogens with one attached hydrogen (secondary N) is 2. The predicted molar refractivity (Wildman–Crippen MR) is 134 cm³/mol. The second kappa shape index (κ2) is 8.74. The number of benzene rings is 2. The highest BCUT2D eigenvalue weighted by atomic mass is 19.1. The van der Waals surface area contributed by atoms with Gasteiger partial charge < -0.3 is 15.3 Å². The molecule has 2 aromatic heterocycles. The first-order valence-electron chi connectivity index (χ1n) is 10.6. The molecule has 0 radical (unpaired) electrons. The molecule has 0 unspecified atom stereocenters. The Morgan fingerprint density at radius 3 is 2.55 bits per heavy atom. The number of hydrogen-bond donors (Lipinski definition) is 3. The average molecular weight is 440 g/mol. The van der Waals surface area contributed by atoms with E-state index >= 15 is 0 Å². The van der Waals surface area contributed by atoms with E-state index in [0.717, 1.165) is 33.6 Å². The van der Waals surface area contributed by atoms with Gasteiger partial charge in [-0.15, -0.1) is 0 Å². The van der Waals surface area contributed by atoms with Crippen LogP contribution in [0.2, 0.25) is 0 Å². The van der Waals surface area contributed by atoms with Crippen LogP contribution in [0.5, 0.6) is 0 Å². The Kier molecular flexibility index (Phi) is 5.84. The zero-order valence-corrected chi connectivity index (χ0v) is 18.9. The van der Waals surface area contributed by atoms with Gasteiger partial charge in [0, 0.05) is 34.8 Å². The molecule has 0 bridgehead atoms. The van der Waals surface area contributed by atoms with Gasteiger partial charge in [-0.2, -0.15) is 0 Å². The molecule has 2 heterocycles. The van der Waals surface area contributed by atoms with Crippen LogP contribution in [0.4, 0.5) is 4.39 Å². The van der Waals surface area contributed by atoms with Crippen LogP contribution in [0.15, 0.2) is 84.7 Å². The molecule has 166 valence electrons. The van der Waals surface area contributed by atoms with Crippen LogP contribution in [-0.4, -0.2) is 20.2 Å². The zero-order valence-electron chi connectivity index (χ0n) is 18.9. The molecule has 6 heteroatoms. The molecule has 4 rings (SSSR count). The minimum atomic E-state index is -0.289. The molecule has 0 aliphatic heterocycles. The van der Waals surface area contributed by atoms with Crippen LogP contribution in [0.1, 0.15) is 24.1 Å². The van der Waals surface area contributed by atoms with Crippen LogP contribution >= 0.6 is 0 Å². The molecule has 5 nitrogen and oxygen atoms in total. The van der Waals surface area contributed by atoms with Crippen molar-refractivity contribution in [2.24, 2.45) is 12.8 Å². The lowest BCUT2D eigenvalue weighted by atomic mass is 9.99. The number of imidazole rings is 1. The number of aromatic nitrogens is 3. The molecule has 33 heavy (non-hydrogen) atoms. The van der Waals surface area contributed by atoms with E-state index in [1.807, 2.05) is 67.9 Å². The number of hydrogen-bond acceptors (Lipinski definition) is 3. The zero-order chi connectivity index (χ0) is 23.7. The molecule has 0 atom stereocenters. The minimum Gasteiger partial charge on any atom is -0.399 e. The lowest BCUT2D eigenvalue weighted by molar-refractivity contribution is 0.631. The Morgan fingerprint density at radius 1 is 1.18 bits per heavy atom. The summed E-state index contributed by atoms with van der Waals surface area (Å²) < 4.78 is 16.5. The number of rotatable bonds is 6. The predicted octanol–water partition coefficient (Wildman–Crippen LogP) is 5.89. The van der Waals surface area contributed by atoms with E-state index in [1.165, 1.54) is 6.07 Å². The topological polar surface area (TPSA) is 83.5 Å². The molecule has 0 aliphatic carbocycles. The monoisotopic (exact) mass is 439 g/mol. The van der Waals surface area contributed by atoms with Crippen LogP contribution in [0, 0.1) is 18.2 Å². The summed E-state index contributed by atoms with van der Waals surface area (Å²) >= 11 is 0. The maximum atomic E-state index is 14.5. The Hall–Kier alpha value is -4.19. The highest BCUT2D eigenvalue weighted by molar-refractivity contribution is 6.15. The summed E-state index contributed by atoms with van der Waals surface area (Å²) in [5, 5.41) is 9.72. The molecule has 0 fully saturated rings. The number of nitrogens with zero attached hydrogens (tertiary/aromatic N) is 2. The number of nitrogens with two attached hydrogens (primary N) is 1. The van der Waals surface area contributed by atoms with E-state index in [9.17, 15) is 4.39 Å². The fourth-order valence-electron chi connectivity index (χ4n) is 3.91. The van der Waals surface area contributed by atoms with E-state index in [2.05, 4.69) is 16.5 Å². The van der Waals surface area contributed by atoms with Crippen LogP contribution in [-0.2, 0) is 7.05 Å². The van der Waals surface area contributed by atoms with Crippen LogP contribution in [0.3, 0.4) is 0 Å². The molecule has 0 saturated carbocycles. The molecular weight excluding hydrogens is 413 g/mol. The van der Waals surface area contributed by atoms with Gasteiger partial charge in [0.1, 0.15) is 11.6 Å². The summed E-state index contributed by atoms with van der Waals surface area (Å²) in [5.41, 5.74) is 11.6. The van der Waals surface area contributed by atoms with Crippen molar-refractivity contribution in [2.75, 3.05) is 0 Å². The SMILES string of the molecule is C=C(N)/C(=C\C(=C/C)c1cnc(C)n1C)C(=N)c1cc2c(-c3ccccc3F)cccc2[nH]1. The summed E-state index contributed by atoms with van der Waals surface area (Å²) in [6.07, 6.45) is 5.60. The largest absolute Gasteiger partial charge is 0.399 e. The number of halogens is 1. The second-order valence-corrected chi connectivity index (χ2v) is 7.88. The Bertz CT molecular complexity index is 1450. The lowest BCUT2D eigenvalue weighted by Gasteiger charge is -2.11. The first-order chi connectivity index (χ1) is 15.8. The Morgan fingerprint density at radius 2 is 1.91 bits per heavy atom. The summed E-state index contributed by atoms with van der Waals surface area (Å²) in [5.74, 6) is 0.597. The smallest absolute Gasteiger partial charge is 0.131 e. The summed E-state index contributed by atoms with van der Waals surface area (Å²) in [6.45, 7) is 7.76.